The maximum absolute atomic E-state index is 12.1. The van der Waals surface area contributed by atoms with Crippen LogP contribution in [-0.4, -0.2) is 12.5 Å². The van der Waals surface area contributed by atoms with Gasteiger partial charge >= 0.3 is 0 Å². The number of rotatable bonds is 7. The molecule has 0 saturated heterocycles. The molecule has 0 spiro atoms. The molecule has 0 saturated carbocycles. The Morgan fingerprint density at radius 3 is 2.59 bits per heavy atom. The van der Waals surface area contributed by atoms with Gasteiger partial charge in [0.1, 0.15) is 5.75 Å². The van der Waals surface area contributed by atoms with Crippen LogP contribution in [0.25, 0.3) is 0 Å². The van der Waals surface area contributed by atoms with Gasteiger partial charge < -0.3 is 15.4 Å². The van der Waals surface area contributed by atoms with Crippen molar-refractivity contribution in [3.63, 3.8) is 0 Å². The molecule has 0 unspecified atom stereocenters. The fourth-order valence-corrected chi connectivity index (χ4v) is 3.46. The minimum Gasteiger partial charge on any atom is -0.483 e. The number of amides is 1. The summed E-state index contributed by atoms with van der Waals surface area (Å²) in [6.07, 6.45) is 0. The second kappa shape index (κ2) is 9.81. The Kier molecular flexibility index (Phi) is 7.18. The molecule has 6 heteroatoms. The Hall–Kier alpha value is -2.50. The normalized spacial score (nSPS) is 10.5. The van der Waals surface area contributed by atoms with Crippen LogP contribution < -0.4 is 15.4 Å². The number of hydrogen-bond acceptors (Lipinski definition) is 3. The van der Waals surface area contributed by atoms with Gasteiger partial charge in [-0.25, -0.2) is 0 Å². The van der Waals surface area contributed by atoms with Crippen molar-refractivity contribution in [2.24, 2.45) is 0 Å². The van der Waals surface area contributed by atoms with Crippen molar-refractivity contribution in [1.29, 1.82) is 0 Å². The Morgan fingerprint density at radius 1 is 1.03 bits per heavy atom. The number of nitrogens with one attached hydrogen (secondary N) is 2. The number of aryl methyl sites for hydroxylation is 2. The Bertz CT molecular complexity index is 1020. The summed E-state index contributed by atoms with van der Waals surface area (Å²) in [5.74, 6) is 0.413. The van der Waals surface area contributed by atoms with E-state index >= 15 is 0 Å². The van der Waals surface area contributed by atoms with Crippen LogP contribution in [0.3, 0.4) is 0 Å². The molecule has 3 rings (SSSR count). The molecule has 2 N–H and O–H groups in total. The van der Waals surface area contributed by atoms with Gasteiger partial charge in [-0.05, 0) is 82.9 Å². The van der Waals surface area contributed by atoms with Gasteiger partial charge in [-0.3, -0.25) is 4.79 Å². The second-order valence-corrected chi connectivity index (χ2v) is 8.05. The Labute approximate surface area is 184 Å². The topological polar surface area (TPSA) is 50.4 Å². The van der Waals surface area contributed by atoms with Crippen LogP contribution in [0.5, 0.6) is 5.75 Å². The molecule has 0 radical (unpaired) electrons. The maximum atomic E-state index is 12.1. The minimum atomic E-state index is -0.204. The first-order chi connectivity index (χ1) is 13.9. The van der Waals surface area contributed by atoms with Crippen molar-refractivity contribution >= 4 is 44.8 Å². The van der Waals surface area contributed by atoms with Crippen LogP contribution in [0.2, 0.25) is 5.02 Å². The van der Waals surface area contributed by atoms with Gasteiger partial charge in [-0.15, -0.1) is 0 Å². The van der Waals surface area contributed by atoms with Gasteiger partial charge in [0.2, 0.25) is 0 Å². The summed E-state index contributed by atoms with van der Waals surface area (Å²) in [4.78, 5) is 12.1. The van der Waals surface area contributed by atoms with E-state index in [-0.39, 0.29) is 12.5 Å². The van der Waals surface area contributed by atoms with Crippen LogP contribution in [0.15, 0.2) is 65.1 Å². The van der Waals surface area contributed by atoms with E-state index < -0.39 is 0 Å². The van der Waals surface area contributed by atoms with Gasteiger partial charge in [0.15, 0.2) is 6.61 Å². The highest BCUT2D eigenvalue weighted by molar-refractivity contribution is 9.10. The van der Waals surface area contributed by atoms with Crippen LogP contribution in [0.1, 0.15) is 16.7 Å². The lowest BCUT2D eigenvalue weighted by Gasteiger charge is -2.12. The first kappa shape index (κ1) is 21.2. The average Bonchev–Trinajstić information content (AvgIpc) is 2.68. The van der Waals surface area contributed by atoms with Gasteiger partial charge in [-0.1, -0.05) is 35.9 Å². The molecular weight excluding hydrogens is 452 g/mol. The Morgan fingerprint density at radius 2 is 1.86 bits per heavy atom. The first-order valence-electron chi connectivity index (χ1n) is 9.18. The fraction of sp³-hybridized carbons (Fsp3) is 0.174. The quantitative estimate of drug-likeness (QED) is 0.420. The van der Waals surface area contributed by atoms with E-state index in [9.17, 15) is 4.79 Å². The highest BCUT2D eigenvalue weighted by Crippen LogP contribution is 2.27. The molecule has 0 aliphatic heterocycles. The zero-order chi connectivity index (χ0) is 20.8. The monoisotopic (exact) mass is 472 g/mol. The van der Waals surface area contributed by atoms with Crippen molar-refractivity contribution in [3.05, 3.63) is 86.8 Å². The third kappa shape index (κ3) is 6.24. The van der Waals surface area contributed by atoms with Crippen molar-refractivity contribution in [2.75, 3.05) is 17.2 Å². The first-order valence-corrected chi connectivity index (χ1v) is 10.4. The standard InChI is InChI=1S/C23H22BrClN2O2/c1-15-4-3-5-19(10-15)27-23(28)14-29-22-9-7-17(11-20(22)24)13-26-18-8-6-16(2)21(25)12-18/h3-12,26H,13-14H2,1-2H3,(H,27,28). The summed E-state index contributed by atoms with van der Waals surface area (Å²) in [7, 11) is 0. The lowest BCUT2D eigenvalue weighted by molar-refractivity contribution is -0.118. The number of carbonyl (C=O) groups is 1. The van der Waals surface area contributed by atoms with Crippen LogP contribution in [0.4, 0.5) is 11.4 Å². The summed E-state index contributed by atoms with van der Waals surface area (Å²) in [6.45, 7) is 4.54. The van der Waals surface area contributed by atoms with Crippen LogP contribution >= 0.6 is 27.5 Å². The third-order valence-electron chi connectivity index (χ3n) is 4.33. The molecule has 4 nitrogen and oxygen atoms in total. The zero-order valence-corrected chi connectivity index (χ0v) is 18.6. The van der Waals surface area contributed by atoms with E-state index in [0.29, 0.717) is 12.3 Å². The molecule has 150 valence electrons. The maximum Gasteiger partial charge on any atom is 0.262 e. The molecular formula is C23H22BrClN2O2. The number of anilines is 2. The molecule has 0 fully saturated rings. The molecule has 0 bridgehead atoms. The van der Waals surface area contributed by atoms with E-state index in [1.54, 1.807) is 0 Å². The summed E-state index contributed by atoms with van der Waals surface area (Å²) >= 11 is 9.68. The zero-order valence-electron chi connectivity index (χ0n) is 16.3. The van der Waals surface area contributed by atoms with E-state index in [2.05, 4.69) is 26.6 Å². The number of ether oxygens (including phenoxy) is 1. The lowest BCUT2D eigenvalue weighted by Crippen LogP contribution is -2.20. The second-order valence-electron chi connectivity index (χ2n) is 6.79. The number of benzene rings is 3. The van der Waals surface area contributed by atoms with E-state index in [1.165, 1.54) is 0 Å². The van der Waals surface area contributed by atoms with Gasteiger partial charge in [0.05, 0.1) is 4.47 Å². The van der Waals surface area contributed by atoms with E-state index in [1.807, 2.05) is 74.5 Å². The molecule has 3 aromatic rings. The number of carbonyl (C=O) groups excluding carboxylic acids is 1. The van der Waals surface area contributed by atoms with Crippen LogP contribution in [-0.2, 0) is 11.3 Å². The molecule has 0 heterocycles. The Balaban J connectivity index is 1.53. The van der Waals surface area contributed by atoms with Gasteiger partial charge in [-0.2, -0.15) is 0 Å². The summed E-state index contributed by atoms with van der Waals surface area (Å²) in [6, 6.07) is 19.3. The highest BCUT2D eigenvalue weighted by Gasteiger charge is 2.08. The van der Waals surface area contributed by atoms with E-state index in [0.717, 1.165) is 37.6 Å². The van der Waals surface area contributed by atoms with Gasteiger partial charge in [0.25, 0.3) is 5.91 Å². The predicted molar refractivity (Wildman–Crippen MR) is 123 cm³/mol. The summed E-state index contributed by atoms with van der Waals surface area (Å²) in [5, 5.41) is 6.92. The van der Waals surface area contributed by atoms with Crippen LogP contribution in [0, 0.1) is 13.8 Å². The SMILES string of the molecule is Cc1cccc(NC(=O)COc2ccc(CNc3ccc(C)c(Cl)c3)cc2Br)c1. The molecule has 0 atom stereocenters. The van der Waals surface area contributed by atoms with Crippen molar-refractivity contribution in [1.82, 2.24) is 0 Å². The molecule has 1 amide bonds. The number of hydrogen-bond donors (Lipinski definition) is 2. The minimum absolute atomic E-state index is 0.0635. The van der Waals surface area contributed by atoms with Crippen molar-refractivity contribution < 1.29 is 9.53 Å². The predicted octanol–water partition coefficient (Wildman–Crippen LogP) is 6.35. The van der Waals surface area contributed by atoms with E-state index in [4.69, 9.17) is 16.3 Å². The molecule has 3 aromatic carbocycles. The number of halogens is 2. The molecule has 0 aliphatic carbocycles. The fourth-order valence-electron chi connectivity index (χ4n) is 2.74. The smallest absolute Gasteiger partial charge is 0.262 e. The molecule has 0 aromatic heterocycles. The highest BCUT2D eigenvalue weighted by atomic mass is 79.9. The van der Waals surface area contributed by atoms with Crippen molar-refractivity contribution in [3.8, 4) is 5.75 Å². The van der Waals surface area contributed by atoms with Crippen molar-refractivity contribution in [2.45, 2.75) is 20.4 Å². The average molecular weight is 474 g/mol. The third-order valence-corrected chi connectivity index (χ3v) is 5.35. The molecule has 29 heavy (non-hydrogen) atoms. The largest absolute Gasteiger partial charge is 0.483 e. The van der Waals surface area contributed by atoms with Gasteiger partial charge in [0, 0.05) is 22.9 Å². The summed E-state index contributed by atoms with van der Waals surface area (Å²) in [5.41, 5.74) is 4.93. The summed E-state index contributed by atoms with van der Waals surface area (Å²) < 4.78 is 6.44. The lowest BCUT2D eigenvalue weighted by atomic mass is 10.2. The molecule has 0 aliphatic rings.